The van der Waals surface area contributed by atoms with E-state index in [1.807, 2.05) is 6.07 Å². The normalized spacial score (nSPS) is 18.3. The summed E-state index contributed by atoms with van der Waals surface area (Å²) in [5.74, 6) is 1.11. The second kappa shape index (κ2) is 9.93. The van der Waals surface area contributed by atoms with Gasteiger partial charge in [0.15, 0.2) is 0 Å². The van der Waals surface area contributed by atoms with E-state index < -0.39 is 0 Å². The summed E-state index contributed by atoms with van der Waals surface area (Å²) in [5, 5.41) is 3.31. The lowest BCUT2D eigenvalue weighted by atomic mass is 9.86. The fourth-order valence-corrected chi connectivity index (χ4v) is 3.46. The van der Waals surface area contributed by atoms with Gasteiger partial charge in [-0.3, -0.25) is 4.79 Å². The molecular formula is C21H34N2O2. The molecule has 4 heteroatoms. The number of carbonyl (C=O) groups is 1. The van der Waals surface area contributed by atoms with E-state index in [1.54, 1.807) is 0 Å². The van der Waals surface area contributed by atoms with Gasteiger partial charge in [-0.05, 0) is 37.3 Å². The number of ether oxygens (including phenoxy) is 1. The molecule has 1 N–H and O–H groups in total. The summed E-state index contributed by atoms with van der Waals surface area (Å²) in [6.07, 6.45) is 1.99. The Morgan fingerprint density at radius 1 is 1.20 bits per heavy atom. The molecule has 1 saturated heterocycles. The Labute approximate surface area is 152 Å². The van der Waals surface area contributed by atoms with Crippen LogP contribution in [0.3, 0.4) is 0 Å². The quantitative estimate of drug-likeness (QED) is 0.785. The van der Waals surface area contributed by atoms with Crippen LogP contribution in [0.4, 0.5) is 0 Å². The van der Waals surface area contributed by atoms with Gasteiger partial charge >= 0.3 is 0 Å². The standard InChI is InChI=1S/C21H34N2O2/c1-16(2)20(15-23(4)14-18-8-6-5-7-9-18)22-21(24)17(3)19-10-12-25-13-11-19/h5-9,16-17,19-20H,10-15H2,1-4H3,(H,22,24)/t17-,20-/m1/s1. The van der Waals surface area contributed by atoms with Gasteiger partial charge in [-0.1, -0.05) is 51.1 Å². The van der Waals surface area contributed by atoms with Gasteiger partial charge in [0.25, 0.3) is 0 Å². The van der Waals surface area contributed by atoms with Gasteiger partial charge in [-0.2, -0.15) is 0 Å². The van der Waals surface area contributed by atoms with Crippen molar-refractivity contribution in [2.75, 3.05) is 26.8 Å². The highest BCUT2D eigenvalue weighted by atomic mass is 16.5. The molecule has 1 fully saturated rings. The molecule has 1 amide bonds. The van der Waals surface area contributed by atoms with E-state index in [9.17, 15) is 4.79 Å². The third-order valence-corrected chi connectivity index (χ3v) is 5.32. The molecule has 0 aliphatic carbocycles. The van der Waals surface area contributed by atoms with Crippen molar-refractivity contribution >= 4 is 5.91 Å². The van der Waals surface area contributed by atoms with Crippen molar-refractivity contribution in [1.29, 1.82) is 0 Å². The van der Waals surface area contributed by atoms with Crippen LogP contribution in [0, 0.1) is 17.8 Å². The topological polar surface area (TPSA) is 41.6 Å². The predicted molar refractivity (Wildman–Crippen MR) is 102 cm³/mol. The summed E-state index contributed by atoms with van der Waals surface area (Å²) in [4.78, 5) is 15.0. The Kier molecular flexibility index (Phi) is 7.91. The fourth-order valence-electron chi connectivity index (χ4n) is 3.46. The molecule has 0 radical (unpaired) electrons. The molecule has 25 heavy (non-hydrogen) atoms. The SMILES string of the molecule is CC(C)[C@@H](CN(C)Cc1ccccc1)NC(=O)[C@H](C)C1CCOCC1. The Morgan fingerprint density at radius 3 is 2.44 bits per heavy atom. The summed E-state index contributed by atoms with van der Waals surface area (Å²) in [6.45, 7) is 9.76. The second-order valence-electron chi connectivity index (χ2n) is 7.78. The Morgan fingerprint density at radius 2 is 1.84 bits per heavy atom. The average molecular weight is 347 g/mol. The molecule has 0 saturated carbocycles. The number of nitrogens with zero attached hydrogens (tertiary/aromatic N) is 1. The summed E-state index contributed by atoms with van der Waals surface area (Å²) in [7, 11) is 2.12. The molecule has 1 aromatic rings. The summed E-state index contributed by atoms with van der Waals surface area (Å²) in [5.41, 5.74) is 1.30. The Hall–Kier alpha value is -1.39. The first-order valence-electron chi connectivity index (χ1n) is 9.58. The van der Waals surface area contributed by atoms with Gasteiger partial charge in [0.1, 0.15) is 0 Å². The van der Waals surface area contributed by atoms with E-state index in [-0.39, 0.29) is 17.9 Å². The van der Waals surface area contributed by atoms with Crippen LogP contribution in [0.15, 0.2) is 30.3 Å². The van der Waals surface area contributed by atoms with Crippen LogP contribution in [0.2, 0.25) is 0 Å². The number of likely N-dealkylation sites (N-methyl/N-ethyl adjacent to an activating group) is 1. The first kappa shape index (κ1) is 19.9. The smallest absolute Gasteiger partial charge is 0.223 e. The minimum Gasteiger partial charge on any atom is -0.381 e. The van der Waals surface area contributed by atoms with Crippen molar-refractivity contribution in [2.45, 2.75) is 46.2 Å². The van der Waals surface area contributed by atoms with Crippen LogP contribution < -0.4 is 5.32 Å². The van der Waals surface area contributed by atoms with Gasteiger partial charge in [0.2, 0.25) is 5.91 Å². The largest absolute Gasteiger partial charge is 0.381 e. The van der Waals surface area contributed by atoms with E-state index in [0.717, 1.165) is 39.1 Å². The molecule has 4 nitrogen and oxygen atoms in total. The minimum absolute atomic E-state index is 0.0598. The number of nitrogens with one attached hydrogen (secondary N) is 1. The molecule has 1 aliphatic rings. The van der Waals surface area contributed by atoms with Gasteiger partial charge in [-0.15, -0.1) is 0 Å². The molecule has 2 rings (SSSR count). The van der Waals surface area contributed by atoms with Crippen LogP contribution in [-0.2, 0) is 16.1 Å². The molecular weight excluding hydrogens is 312 g/mol. The summed E-state index contributed by atoms with van der Waals surface area (Å²) >= 11 is 0. The van der Waals surface area contributed by atoms with Crippen LogP contribution in [0.5, 0.6) is 0 Å². The van der Waals surface area contributed by atoms with Crippen LogP contribution in [-0.4, -0.2) is 43.7 Å². The van der Waals surface area contributed by atoms with E-state index >= 15 is 0 Å². The van der Waals surface area contributed by atoms with Crippen LogP contribution in [0.25, 0.3) is 0 Å². The van der Waals surface area contributed by atoms with Crippen molar-refractivity contribution in [1.82, 2.24) is 10.2 Å². The molecule has 0 spiro atoms. The highest BCUT2D eigenvalue weighted by molar-refractivity contribution is 5.79. The van der Waals surface area contributed by atoms with Crippen molar-refractivity contribution in [2.24, 2.45) is 17.8 Å². The molecule has 1 aromatic carbocycles. The zero-order valence-corrected chi connectivity index (χ0v) is 16.2. The zero-order valence-electron chi connectivity index (χ0n) is 16.2. The maximum absolute atomic E-state index is 12.7. The van der Waals surface area contributed by atoms with E-state index in [1.165, 1.54) is 5.56 Å². The molecule has 0 bridgehead atoms. The summed E-state index contributed by atoms with van der Waals surface area (Å²) in [6, 6.07) is 10.6. The first-order valence-corrected chi connectivity index (χ1v) is 9.58. The predicted octanol–water partition coefficient (Wildman–Crippen LogP) is 3.32. The lowest BCUT2D eigenvalue weighted by Crippen LogP contribution is -2.48. The molecule has 140 valence electrons. The van der Waals surface area contributed by atoms with E-state index in [2.05, 4.69) is 62.3 Å². The first-order chi connectivity index (χ1) is 12.0. The average Bonchev–Trinajstić information content (AvgIpc) is 2.61. The van der Waals surface area contributed by atoms with E-state index in [0.29, 0.717) is 11.8 Å². The monoisotopic (exact) mass is 346 g/mol. The molecule has 0 aromatic heterocycles. The zero-order chi connectivity index (χ0) is 18.2. The lowest BCUT2D eigenvalue weighted by Gasteiger charge is -2.31. The van der Waals surface area contributed by atoms with Crippen molar-refractivity contribution in [3.63, 3.8) is 0 Å². The van der Waals surface area contributed by atoms with Crippen molar-refractivity contribution in [3.8, 4) is 0 Å². The highest BCUT2D eigenvalue weighted by Crippen LogP contribution is 2.24. The molecule has 2 atom stereocenters. The number of hydrogen-bond acceptors (Lipinski definition) is 3. The maximum atomic E-state index is 12.7. The second-order valence-corrected chi connectivity index (χ2v) is 7.78. The van der Waals surface area contributed by atoms with Gasteiger partial charge < -0.3 is 15.0 Å². The number of benzene rings is 1. The van der Waals surface area contributed by atoms with Crippen molar-refractivity contribution < 1.29 is 9.53 Å². The number of amides is 1. The highest BCUT2D eigenvalue weighted by Gasteiger charge is 2.28. The maximum Gasteiger partial charge on any atom is 0.223 e. The molecule has 1 heterocycles. The minimum atomic E-state index is 0.0598. The fraction of sp³-hybridized carbons (Fsp3) is 0.667. The summed E-state index contributed by atoms with van der Waals surface area (Å²) < 4.78 is 5.42. The van der Waals surface area contributed by atoms with E-state index in [4.69, 9.17) is 4.74 Å². The van der Waals surface area contributed by atoms with Crippen LogP contribution in [0.1, 0.15) is 39.2 Å². The molecule has 0 unspecified atom stereocenters. The Balaban J connectivity index is 1.87. The molecule has 1 aliphatic heterocycles. The Bertz CT molecular complexity index is 512. The van der Waals surface area contributed by atoms with Gasteiger partial charge in [0, 0.05) is 38.3 Å². The third kappa shape index (κ3) is 6.44. The lowest BCUT2D eigenvalue weighted by molar-refractivity contribution is -0.128. The van der Waals surface area contributed by atoms with Gasteiger partial charge in [0.05, 0.1) is 0 Å². The van der Waals surface area contributed by atoms with Crippen LogP contribution >= 0.6 is 0 Å². The third-order valence-electron chi connectivity index (χ3n) is 5.32. The van der Waals surface area contributed by atoms with Gasteiger partial charge in [-0.25, -0.2) is 0 Å². The number of hydrogen-bond donors (Lipinski definition) is 1. The number of carbonyl (C=O) groups excluding carboxylic acids is 1. The number of rotatable bonds is 8. The van der Waals surface area contributed by atoms with Crippen molar-refractivity contribution in [3.05, 3.63) is 35.9 Å².